The van der Waals surface area contributed by atoms with Gasteiger partial charge in [-0.15, -0.1) is 0 Å². The van der Waals surface area contributed by atoms with E-state index in [9.17, 15) is 26.7 Å². The molecule has 5 nitrogen and oxygen atoms in total. The minimum Gasteiger partial charge on any atom is -0.387 e. The second-order valence-corrected chi connectivity index (χ2v) is 7.04. The van der Waals surface area contributed by atoms with E-state index in [0.717, 1.165) is 18.2 Å². The first kappa shape index (κ1) is 18.5. The van der Waals surface area contributed by atoms with Gasteiger partial charge in [-0.25, -0.2) is 13.1 Å². The normalized spacial score (nSPS) is 13.9. The highest BCUT2D eigenvalue weighted by atomic mass is 32.2. The van der Waals surface area contributed by atoms with Crippen LogP contribution in [0.4, 0.5) is 13.2 Å². The molecule has 0 aliphatic carbocycles. The molecule has 0 aliphatic heterocycles. The minimum absolute atomic E-state index is 0.0933. The third kappa shape index (κ3) is 4.37. The Balaban J connectivity index is 2.03. The highest BCUT2D eigenvalue weighted by Crippen LogP contribution is 2.30. The second kappa shape index (κ2) is 6.96. The number of halogens is 3. The standard InChI is InChI=1S/C15H17F3N2O3S/c1-20-9-3-6-13(20)14(21)7-8-19-24(22,23)12-5-2-4-11(10-12)15(16,17)18/h2-6,9-10,14,19,21H,7-8H2,1H3. The number of benzene rings is 1. The van der Waals surface area contributed by atoms with Crippen molar-refractivity contribution in [3.63, 3.8) is 0 Å². The van der Waals surface area contributed by atoms with Crippen LogP contribution in [0.3, 0.4) is 0 Å². The Morgan fingerprint density at radius 1 is 1.25 bits per heavy atom. The summed E-state index contributed by atoms with van der Waals surface area (Å²) in [6.07, 6.45) is -3.66. The summed E-state index contributed by atoms with van der Waals surface area (Å²) in [7, 11) is -2.34. The van der Waals surface area contributed by atoms with Crippen molar-refractivity contribution >= 4 is 10.0 Å². The van der Waals surface area contributed by atoms with Gasteiger partial charge in [0, 0.05) is 25.5 Å². The number of rotatable bonds is 6. The third-order valence-electron chi connectivity index (χ3n) is 3.51. The van der Waals surface area contributed by atoms with E-state index in [1.165, 1.54) is 0 Å². The van der Waals surface area contributed by atoms with Gasteiger partial charge in [-0.05, 0) is 36.8 Å². The van der Waals surface area contributed by atoms with Gasteiger partial charge in [0.25, 0.3) is 0 Å². The Morgan fingerprint density at radius 2 is 1.96 bits per heavy atom. The van der Waals surface area contributed by atoms with Gasteiger partial charge in [-0.2, -0.15) is 13.2 Å². The fourth-order valence-corrected chi connectivity index (χ4v) is 3.31. The van der Waals surface area contributed by atoms with E-state index in [1.54, 1.807) is 29.9 Å². The molecule has 0 fully saturated rings. The smallest absolute Gasteiger partial charge is 0.387 e. The maximum Gasteiger partial charge on any atom is 0.416 e. The number of alkyl halides is 3. The molecule has 1 aromatic heterocycles. The van der Waals surface area contributed by atoms with Crippen LogP contribution in [0.5, 0.6) is 0 Å². The van der Waals surface area contributed by atoms with Crippen molar-refractivity contribution < 1.29 is 26.7 Å². The predicted molar refractivity (Wildman–Crippen MR) is 81.6 cm³/mol. The Morgan fingerprint density at radius 3 is 2.54 bits per heavy atom. The summed E-state index contributed by atoms with van der Waals surface area (Å²) < 4.78 is 66.0. The fraction of sp³-hybridized carbons (Fsp3) is 0.333. The molecule has 0 saturated carbocycles. The molecular formula is C15H17F3N2O3S. The molecule has 2 rings (SSSR count). The number of sulfonamides is 1. The molecule has 0 bridgehead atoms. The molecule has 0 saturated heterocycles. The summed E-state index contributed by atoms with van der Waals surface area (Å²) in [6, 6.07) is 6.95. The quantitative estimate of drug-likeness (QED) is 0.829. The van der Waals surface area contributed by atoms with Gasteiger partial charge in [0.1, 0.15) is 0 Å². The largest absolute Gasteiger partial charge is 0.416 e. The number of nitrogens with one attached hydrogen (secondary N) is 1. The molecule has 0 radical (unpaired) electrons. The fourth-order valence-electron chi connectivity index (χ4n) is 2.22. The highest BCUT2D eigenvalue weighted by Gasteiger charge is 2.31. The van der Waals surface area contributed by atoms with Gasteiger partial charge >= 0.3 is 6.18 Å². The summed E-state index contributed by atoms with van der Waals surface area (Å²) in [4.78, 5) is -0.467. The molecule has 0 aliphatic rings. The van der Waals surface area contributed by atoms with Crippen molar-refractivity contribution in [1.29, 1.82) is 0 Å². The van der Waals surface area contributed by atoms with Crippen molar-refractivity contribution in [1.82, 2.24) is 9.29 Å². The molecule has 1 heterocycles. The molecule has 2 N–H and O–H groups in total. The molecule has 132 valence electrons. The lowest BCUT2D eigenvalue weighted by molar-refractivity contribution is -0.137. The van der Waals surface area contributed by atoms with E-state index >= 15 is 0 Å². The van der Waals surface area contributed by atoms with Gasteiger partial charge < -0.3 is 9.67 Å². The molecule has 1 atom stereocenters. The van der Waals surface area contributed by atoms with Crippen LogP contribution in [0.2, 0.25) is 0 Å². The van der Waals surface area contributed by atoms with Crippen molar-refractivity contribution in [2.45, 2.75) is 23.6 Å². The van der Waals surface area contributed by atoms with E-state index in [2.05, 4.69) is 4.72 Å². The van der Waals surface area contributed by atoms with E-state index in [0.29, 0.717) is 11.8 Å². The van der Waals surface area contributed by atoms with Gasteiger partial charge in [-0.3, -0.25) is 0 Å². The zero-order valence-electron chi connectivity index (χ0n) is 12.8. The number of nitrogens with zero attached hydrogens (tertiary/aromatic N) is 1. The van der Waals surface area contributed by atoms with Crippen molar-refractivity contribution in [2.24, 2.45) is 7.05 Å². The van der Waals surface area contributed by atoms with Gasteiger partial charge in [-0.1, -0.05) is 6.07 Å². The Hall–Kier alpha value is -1.84. The number of aliphatic hydroxyl groups excluding tert-OH is 1. The highest BCUT2D eigenvalue weighted by molar-refractivity contribution is 7.89. The van der Waals surface area contributed by atoms with Crippen molar-refractivity contribution in [2.75, 3.05) is 6.54 Å². The average molecular weight is 362 g/mol. The van der Waals surface area contributed by atoms with Crippen LogP contribution in [0.25, 0.3) is 0 Å². The number of aromatic nitrogens is 1. The Kier molecular flexibility index (Phi) is 5.36. The summed E-state index contributed by atoms with van der Waals surface area (Å²) in [5.41, 5.74) is -0.414. The Bertz CT molecular complexity index is 800. The molecule has 1 unspecified atom stereocenters. The van der Waals surface area contributed by atoms with Gasteiger partial charge in [0.15, 0.2) is 0 Å². The molecule has 24 heavy (non-hydrogen) atoms. The average Bonchev–Trinajstić information content (AvgIpc) is 2.92. The number of hydrogen-bond acceptors (Lipinski definition) is 3. The maximum absolute atomic E-state index is 12.7. The SMILES string of the molecule is Cn1cccc1C(O)CCNS(=O)(=O)c1cccc(C(F)(F)F)c1. The maximum atomic E-state index is 12.7. The van der Waals surface area contributed by atoms with Crippen LogP contribution in [0, 0.1) is 0 Å². The number of aliphatic hydroxyl groups is 1. The van der Waals surface area contributed by atoms with Crippen molar-refractivity contribution in [3.05, 3.63) is 53.9 Å². The van der Waals surface area contributed by atoms with E-state index < -0.39 is 32.8 Å². The van der Waals surface area contributed by atoms with Crippen molar-refractivity contribution in [3.8, 4) is 0 Å². The monoisotopic (exact) mass is 362 g/mol. The number of aryl methyl sites for hydroxylation is 1. The first-order valence-electron chi connectivity index (χ1n) is 7.07. The van der Waals surface area contributed by atoms with Crippen LogP contribution in [0.1, 0.15) is 23.8 Å². The summed E-state index contributed by atoms with van der Waals surface area (Å²) in [6.45, 7) is -0.106. The molecule has 0 spiro atoms. The molecule has 2 aromatic rings. The molecule has 9 heteroatoms. The van der Waals surface area contributed by atoms with Crippen LogP contribution < -0.4 is 4.72 Å². The van der Waals surface area contributed by atoms with E-state index in [-0.39, 0.29) is 13.0 Å². The molecular weight excluding hydrogens is 345 g/mol. The minimum atomic E-state index is -4.62. The third-order valence-corrected chi connectivity index (χ3v) is 4.97. The second-order valence-electron chi connectivity index (χ2n) is 5.27. The molecule has 0 amide bonds. The predicted octanol–water partition coefficient (Wildman–Crippen LogP) is 2.45. The summed E-state index contributed by atoms with van der Waals surface area (Å²) in [5, 5.41) is 10.0. The van der Waals surface area contributed by atoms with Crippen LogP contribution in [0.15, 0.2) is 47.5 Å². The Labute approximate surface area is 137 Å². The zero-order chi connectivity index (χ0) is 18.0. The van der Waals surface area contributed by atoms with Crippen LogP contribution >= 0.6 is 0 Å². The lowest BCUT2D eigenvalue weighted by atomic mass is 10.2. The van der Waals surface area contributed by atoms with E-state index in [4.69, 9.17) is 0 Å². The molecule has 1 aromatic carbocycles. The topological polar surface area (TPSA) is 71.3 Å². The van der Waals surface area contributed by atoms with Crippen LogP contribution in [-0.4, -0.2) is 24.6 Å². The first-order valence-corrected chi connectivity index (χ1v) is 8.56. The van der Waals surface area contributed by atoms with Gasteiger partial charge in [0.05, 0.1) is 16.6 Å². The first-order chi connectivity index (χ1) is 11.1. The summed E-state index contributed by atoms with van der Waals surface area (Å²) in [5.74, 6) is 0. The van der Waals surface area contributed by atoms with Gasteiger partial charge in [0.2, 0.25) is 10.0 Å². The van der Waals surface area contributed by atoms with Crippen LogP contribution in [-0.2, 0) is 23.2 Å². The number of hydrogen-bond donors (Lipinski definition) is 2. The van der Waals surface area contributed by atoms with E-state index in [1.807, 2.05) is 0 Å². The lowest BCUT2D eigenvalue weighted by Gasteiger charge is -2.13. The summed E-state index contributed by atoms with van der Waals surface area (Å²) >= 11 is 0. The zero-order valence-corrected chi connectivity index (χ0v) is 13.6. The lowest BCUT2D eigenvalue weighted by Crippen LogP contribution is -2.26.